The van der Waals surface area contributed by atoms with Crippen molar-refractivity contribution in [1.82, 2.24) is 5.32 Å². The fourth-order valence-electron chi connectivity index (χ4n) is 2.83. The lowest BCUT2D eigenvalue weighted by molar-refractivity contribution is 0.174. The molecule has 3 nitrogen and oxygen atoms in total. The van der Waals surface area contributed by atoms with Crippen LogP contribution in [0.2, 0.25) is 0 Å². The number of nitrogens with one attached hydrogen (secondary N) is 1. The standard InChI is InChI=1S/C16H23NO2/c1-3-13-9-14(13)17-11(2)4-5-12-6-7-15-16(8-12)19-10-18-15/h6-8,11,13-14,17H,3-5,9-10H2,1-2H3. The molecule has 1 aliphatic heterocycles. The van der Waals surface area contributed by atoms with E-state index in [1.807, 2.05) is 6.07 Å². The average Bonchev–Trinajstić information content (AvgIpc) is 2.99. The minimum atomic E-state index is 0.358. The van der Waals surface area contributed by atoms with Gasteiger partial charge in [0.1, 0.15) is 0 Å². The van der Waals surface area contributed by atoms with Gasteiger partial charge in [0, 0.05) is 12.1 Å². The van der Waals surface area contributed by atoms with Crippen molar-refractivity contribution in [3.05, 3.63) is 23.8 Å². The van der Waals surface area contributed by atoms with E-state index in [1.165, 1.54) is 24.8 Å². The Labute approximate surface area is 115 Å². The third kappa shape index (κ3) is 3.03. The monoisotopic (exact) mass is 261 g/mol. The number of aryl methyl sites for hydroxylation is 1. The smallest absolute Gasteiger partial charge is 0.231 e. The van der Waals surface area contributed by atoms with E-state index >= 15 is 0 Å². The first-order chi connectivity index (χ1) is 9.26. The molecule has 1 saturated carbocycles. The lowest BCUT2D eigenvalue weighted by atomic mass is 10.1. The third-order valence-electron chi connectivity index (χ3n) is 4.25. The molecule has 1 N–H and O–H groups in total. The Morgan fingerprint density at radius 1 is 1.32 bits per heavy atom. The predicted molar refractivity (Wildman–Crippen MR) is 75.7 cm³/mol. The summed E-state index contributed by atoms with van der Waals surface area (Å²) in [5.41, 5.74) is 1.33. The molecule has 0 radical (unpaired) electrons. The van der Waals surface area contributed by atoms with Crippen molar-refractivity contribution >= 4 is 0 Å². The van der Waals surface area contributed by atoms with E-state index in [2.05, 4.69) is 31.3 Å². The third-order valence-corrected chi connectivity index (χ3v) is 4.25. The van der Waals surface area contributed by atoms with Gasteiger partial charge in [-0.05, 0) is 49.8 Å². The molecule has 0 amide bonds. The molecule has 104 valence electrons. The van der Waals surface area contributed by atoms with Crippen LogP contribution in [0, 0.1) is 5.92 Å². The molecule has 0 spiro atoms. The van der Waals surface area contributed by atoms with Gasteiger partial charge in [0.15, 0.2) is 11.5 Å². The molecule has 19 heavy (non-hydrogen) atoms. The van der Waals surface area contributed by atoms with Crippen LogP contribution in [0.15, 0.2) is 18.2 Å². The number of hydrogen-bond acceptors (Lipinski definition) is 3. The van der Waals surface area contributed by atoms with Crippen LogP contribution in [0.4, 0.5) is 0 Å². The van der Waals surface area contributed by atoms with E-state index in [1.54, 1.807) is 0 Å². The van der Waals surface area contributed by atoms with Crippen molar-refractivity contribution in [2.75, 3.05) is 6.79 Å². The normalized spacial score (nSPS) is 25.4. The zero-order valence-electron chi connectivity index (χ0n) is 11.8. The highest BCUT2D eigenvalue weighted by molar-refractivity contribution is 5.44. The molecule has 1 heterocycles. The maximum Gasteiger partial charge on any atom is 0.231 e. The second-order valence-electron chi connectivity index (χ2n) is 5.80. The summed E-state index contributed by atoms with van der Waals surface area (Å²) in [6.45, 7) is 4.93. The van der Waals surface area contributed by atoms with Crippen LogP contribution in [0.25, 0.3) is 0 Å². The molecule has 2 aliphatic rings. The summed E-state index contributed by atoms with van der Waals surface area (Å²) >= 11 is 0. The van der Waals surface area contributed by atoms with Crippen LogP contribution in [0.5, 0.6) is 11.5 Å². The van der Waals surface area contributed by atoms with Gasteiger partial charge in [-0.1, -0.05) is 19.4 Å². The van der Waals surface area contributed by atoms with Crippen molar-refractivity contribution in [1.29, 1.82) is 0 Å². The van der Waals surface area contributed by atoms with Gasteiger partial charge < -0.3 is 14.8 Å². The van der Waals surface area contributed by atoms with Gasteiger partial charge in [-0.25, -0.2) is 0 Å². The molecule has 1 aliphatic carbocycles. The van der Waals surface area contributed by atoms with Crippen molar-refractivity contribution in [3.63, 3.8) is 0 Å². The molecule has 1 fully saturated rings. The largest absolute Gasteiger partial charge is 0.454 e. The summed E-state index contributed by atoms with van der Waals surface area (Å²) in [4.78, 5) is 0. The summed E-state index contributed by atoms with van der Waals surface area (Å²) < 4.78 is 10.7. The molecule has 3 unspecified atom stereocenters. The number of ether oxygens (including phenoxy) is 2. The molecule has 1 aromatic rings. The quantitative estimate of drug-likeness (QED) is 0.853. The lowest BCUT2D eigenvalue weighted by Crippen LogP contribution is -2.29. The van der Waals surface area contributed by atoms with Crippen molar-refractivity contribution in [3.8, 4) is 11.5 Å². The van der Waals surface area contributed by atoms with Gasteiger partial charge in [0.25, 0.3) is 0 Å². The maximum atomic E-state index is 5.41. The van der Waals surface area contributed by atoms with E-state index < -0.39 is 0 Å². The van der Waals surface area contributed by atoms with E-state index in [-0.39, 0.29) is 0 Å². The first-order valence-corrected chi connectivity index (χ1v) is 7.41. The highest BCUT2D eigenvalue weighted by atomic mass is 16.7. The van der Waals surface area contributed by atoms with Crippen molar-refractivity contribution in [2.45, 2.75) is 51.6 Å². The maximum absolute atomic E-state index is 5.41. The van der Waals surface area contributed by atoms with Crippen LogP contribution in [-0.2, 0) is 6.42 Å². The molecule has 3 rings (SSSR count). The number of fused-ring (bicyclic) bond motifs is 1. The molecule has 0 aromatic heterocycles. The molecule has 1 aromatic carbocycles. The van der Waals surface area contributed by atoms with E-state index in [4.69, 9.17) is 9.47 Å². The van der Waals surface area contributed by atoms with E-state index in [0.717, 1.165) is 29.9 Å². The summed E-state index contributed by atoms with van der Waals surface area (Å²) in [6.07, 6.45) is 4.94. The molecular formula is C16H23NO2. The van der Waals surface area contributed by atoms with E-state index in [9.17, 15) is 0 Å². The fourth-order valence-corrected chi connectivity index (χ4v) is 2.83. The Balaban J connectivity index is 1.46. The van der Waals surface area contributed by atoms with Gasteiger partial charge in [-0.2, -0.15) is 0 Å². The molecular weight excluding hydrogens is 238 g/mol. The van der Waals surface area contributed by atoms with Crippen molar-refractivity contribution < 1.29 is 9.47 Å². The second kappa shape index (κ2) is 5.41. The van der Waals surface area contributed by atoms with Gasteiger partial charge in [-0.3, -0.25) is 0 Å². The van der Waals surface area contributed by atoms with Crippen LogP contribution in [0.1, 0.15) is 38.7 Å². The Morgan fingerprint density at radius 3 is 2.95 bits per heavy atom. The van der Waals surface area contributed by atoms with Crippen LogP contribution in [0.3, 0.4) is 0 Å². The van der Waals surface area contributed by atoms with Crippen molar-refractivity contribution in [2.24, 2.45) is 5.92 Å². The Hall–Kier alpha value is -1.22. The Kier molecular flexibility index (Phi) is 3.65. The highest BCUT2D eigenvalue weighted by Crippen LogP contribution is 2.34. The predicted octanol–water partition coefficient (Wildman–Crippen LogP) is 3.12. The first-order valence-electron chi connectivity index (χ1n) is 7.41. The number of rotatable bonds is 6. The zero-order chi connectivity index (χ0) is 13.2. The molecule has 3 heteroatoms. The molecule has 3 atom stereocenters. The summed E-state index contributed by atoms with van der Waals surface area (Å²) in [5, 5.41) is 3.72. The zero-order valence-corrected chi connectivity index (χ0v) is 11.8. The van der Waals surface area contributed by atoms with Gasteiger partial charge >= 0.3 is 0 Å². The van der Waals surface area contributed by atoms with Gasteiger partial charge in [0.2, 0.25) is 6.79 Å². The average molecular weight is 261 g/mol. The van der Waals surface area contributed by atoms with Gasteiger partial charge in [0.05, 0.1) is 0 Å². The second-order valence-corrected chi connectivity index (χ2v) is 5.80. The number of hydrogen-bond donors (Lipinski definition) is 1. The van der Waals surface area contributed by atoms with Crippen LogP contribution >= 0.6 is 0 Å². The van der Waals surface area contributed by atoms with E-state index in [0.29, 0.717) is 12.8 Å². The van der Waals surface area contributed by atoms with Crippen LogP contribution < -0.4 is 14.8 Å². The minimum absolute atomic E-state index is 0.358. The minimum Gasteiger partial charge on any atom is -0.454 e. The lowest BCUT2D eigenvalue weighted by Gasteiger charge is -2.13. The molecule has 0 bridgehead atoms. The highest BCUT2D eigenvalue weighted by Gasteiger charge is 2.35. The Morgan fingerprint density at radius 2 is 2.16 bits per heavy atom. The Bertz CT molecular complexity index is 446. The molecule has 0 saturated heterocycles. The van der Waals surface area contributed by atoms with Gasteiger partial charge in [-0.15, -0.1) is 0 Å². The number of benzene rings is 1. The topological polar surface area (TPSA) is 30.5 Å². The fraction of sp³-hybridized carbons (Fsp3) is 0.625. The SMILES string of the molecule is CCC1CC1NC(C)CCc1ccc2c(c1)OCO2. The summed E-state index contributed by atoms with van der Waals surface area (Å²) in [7, 11) is 0. The summed E-state index contributed by atoms with van der Waals surface area (Å²) in [5.74, 6) is 2.69. The summed E-state index contributed by atoms with van der Waals surface area (Å²) in [6, 6.07) is 7.64. The first kappa shape index (κ1) is 12.8. The van der Waals surface area contributed by atoms with Crippen LogP contribution in [-0.4, -0.2) is 18.9 Å².